The van der Waals surface area contributed by atoms with Gasteiger partial charge in [-0.25, -0.2) is 0 Å². The molecule has 1 heterocycles. The van der Waals surface area contributed by atoms with E-state index in [1.54, 1.807) is 26.4 Å². The molecule has 1 aromatic heterocycles. The third-order valence-electron chi connectivity index (χ3n) is 3.83. The van der Waals surface area contributed by atoms with Crippen molar-refractivity contribution in [1.82, 2.24) is 4.57 Å². The first-order valence-corrected chi connectivity index (χ1v) is 8.95. The number of carbonyl (C=O) groups is 1. The molecule has 0 atom stereocenters. The Hall–Kier alpha value is -2.57. The van der Waals surface area contributed by atoms with E-state index in [0.29, 0.717) is 21.3 Å². The van der Waals surface area contributed by atoms with E-state index in [4.69, 9.17) is 21.1 Å². The highest BCUT2D eigenvalue weighted by molar-refractivity contribution is 7.16. The number of halogens is 1. The smallest absolute Gasteiger partial charge is 0.272 e. The molecule has 0 aliphatic carbocycles. The second-order valence-electron chi connectivity index (χ2n) is 5.42. The van der Waals surface area contributed by atoms with Crippen LogP contribution in [0, 0.1) is 0 Å². The van der Waals surface area contributed by atoms with Crippen LogP contribution in [0.1, 0.15) is 5.56 Å². The minimum Gasteiger partial charge on any atom is -0.493 e. The van der Waals surface area contributed by atoms with E-state index in [2.05, 4.69) is 4.99 Å². The van der Waals surface area contributed by atoms with Crippen molar-refractivity contribution in [3.05, 3.63) is 57.9 Å². The molecular weight excluding hydrogens is 372 g/mol. The molecule has 0 bridgehead atoms. The predicted octanol–water partition coefficient (Wildman–Crippen LogP) is 4.05. The van der Waals surface area contributed by atoms with Gasteiger partial charge < -0.3 is 14.0 Å². The Balaban J connectivity index is 1.98. The van der Waals surface area contributed by atoms with Gasteiger partial charge in [-0.15, -0.1) is 0 Å². The number of benzene rings is 2. The Labute approximate surface area is 159 Å². The Bertz CT molecular complexity index is 1070. The summed E-state index contributed by atoms with van der Waals surface area (Å²) in [7, 11) is 5.03. The molecule has 0 unspecified atom stereocenters. The summed E-state index contributed by atoms with van der Waals surface area (Å²) in [5.74, 6) is 0.911. The molecular formula is C19H17ClN2O3S. The molecule has 1 amide bonds. The zero-order valence-corrected chi connectivity index (χ0v) is 16.1. The molecule has 0 radical (unpaired) electrons. The van der Waals surface area contributed by atoms with Gasteiger partial charge in [0.05, 0.1) is 24.4 Å². The Morgan fingerprint density at radius 2 is 1.88 bits per heavy atom. The lowest BCUT2D eigenvalue weighted by Crippen LogP contribution is -2.12. The number of ether oxygens (including phenoxy) is 2. The normalized spacial score (nSPS) is 12.1. The van der Waals surface area contributed by atoms with Crippen LogP contribution in [0.5, 0.6) is 11.5 Å². The first-order chi connectivity index (χ1) is 12.5. The first-order valence-electron chi connectivity index (χ1n) is 7.76. The first kappa shape index (κ1) is 18.2. The highest BCUT2D eigenvalue weighted by atomic mass is 35.5. The summed E-state index contributed by atoms with van der Waals surface area (Å²) < 4.78 is 13.5. The van der Waals surface area contributed by atoms with E-state index in [0.717, 1.165) is 15.8 Å². The Kier molecular flexibility index (Phi) is 5.44. The van der Waals surface area contributed by atoms with Gasteiger partial charge >= 0.3 is 0 Å². The van der Waals surface area contributed by atoms with E-state index < -0.39 is 0 Å². The molecule has 0 fully saturated rings. The summed E-state index contributed by atoms with van der Waals surface area (Å²) in [5.41, 5.74) is 1.68. The van der Waals surface area contributed by atoms with Gasteiger partial charge in [0, 0.05) is 30.3 Å². The minimum absolute atomic E-state index is 0.356. The maximum atomic E-state index is 12.2. The van der Waals surface area contributed by atoms with Crippen LogP contribution in [-0.4, -0.2) is 24.7 Å². The lowest BCUT2D eigenvalue weighted by molar-refractivity contribution is -0.113. The van der Waals surface area contributed by atoms with Gasteiger partial charge in [-0.3, -0.25) is 4.79 Å². The molecule has 26 heavy (non-hydrogen) atoms. The fraction of sp³-hybridized carbons (Fsp3) is 0.158. The molecule has 0 aliphatic rings. The van der Waals surface area contributed by atoms with E-state index >= 15 is 0 Å². The van der Waals surface area contributed by atoms with Crippen LogP contribution in [0.4, 0.5) is 0 Å². The van der Waals surface area contributed by atoms with Crippen molar-refractivity contribution >= 4 is 45.1 Å². The number of rotatable bonds is 4. The van der Waals surface area contributed by atoms with E-state index in [9.17, 15) is 4.79 Å². The van der Waals surface area contributed by atoms with Crippen LogP contribution >= 0.6 is 22.9 Å². The van der Waals surface area contributed by atoms with E-state index in [1.807, 2.05) is 41.9 Å². The van der Waals surface area contributed by atoms with E-state index in [1.165, 1.54) is 17.4 Å². The van der Waals surface area contributed by atoms with Crippen molar-refractivity contribution in [1.29, 1.82) is 0 Å². The van der Waals surface area contributed by atoms with Gasteiger partial charge in [0.25, 0.3) is 5.91 Å². The lowest BCUT2D eigenvalue weighted by atomic mass is 10.2. The van der Waals surface area contributed by atoms with Crippen molar-refractivity contribution < 1.29 is 14.3 Å². The summed E-state index contributed by atoms with van der Waals surface area (Å²) in [6, 6.07) is 11.1. The summed E-state index contributed by atoms with van der Waals surface area (Å²) >= 11 is 7.49. The Morgan fingerprint density at radius 1 is 1.19 bits per heavy atom. The van der Waals surface area contributed by atoms with Gasteiger partial charge in [-0.2, -0.15) is 4.99 Å². The maximum Gasteiger partial charge on any atom is 0.272 e. The number of aryl methyl sites for hydroxylation is 1. The number of fused-ring (bicyclic) bond motifs is 1. The number of carbonyl (C=O) groups excluding carboxylic acids is 1. The number of methoxy groups -OCH3 is 2. The lowest BCUT2D eigenvalue weighted by Gasteiger charge is -2.07. The number of amides is 1. The van der Waals surface area contributed by atoms with Crippen molar-refractivity contribution in [3.8, 4) is 11.5 Å². The number of hydrogen-bond acceptors (Lipinski definition) is 4. The molecule has 134 valence electrons. The van der Waals surface area contributed by atoms with Gasteiger partial charge in [-0.05, 0) is 17.7 Å². The number of thiazole rings is 1. The van der Waals surface area contributed by atoms with Crippen molar-refractivity contribution in [2.24, 2.45) is 12.0 Å². The zero-order chi connectivity index (χ0) is 18.7. The highest BCUT2D eigenvalue weighted by Gasteiger charge is 2.11. The quantitative estimate of drug-likeness (QED) is 0.633. The summed E-state index contributed by atoms with van der Waals surface area (Å²) in [6.07, 6.45) is 3.07. The third-order valence-corrected chi connectivity index (χ3v) is 5.27. The maximum absolute atomic E-state index is 12.2. The monoisotopic (exact) mass is 388 g/mol. The SMILES string of the molecule is COc1cc2sc(=NC(=O)C=Cc3ccccc3Cl)n(C)c2cc1OC. The molecule has 0 spiro atoms. The van der Waals surface area contributed by atoms with E-state index in [-0.39, 0.29) is 5.91 Å². The summed E-state index contributed by atoms with van der Waals surface area (Å²) in [6.45, 7) is 0. The average Bonchev–Trinajstić information content (AvgIpc) is 2.94. The van der Waals surface area contributed by atoms with Gasteiger partial charge in [0.2, 0.25) is 0 Å². The molecule has 2 aromatic carbocycles. The summed E-state index contributed by atoms with van der Waals surface area (Å²) in [4.78, 5) is 17.0. The van der Waals surface area contributed by atoms with Crippen LogP contribution in [0.2, 0.25) is 5.02 Å². The average molecular weight is 389 g/mol. The second kappa shape index (κ2) is 7.76. The highest BCUT2D eigenvalue weighted by Crippen LogP contribution is 2.33. The number of hydrogen-bond donors (Lipinski definition) is 0. The molecule has 5 nitrogen and oxygen atoms in total. The zero-order valence-electron chi connectivity index (χ0n) is 14.5. The van der Waals surface area contributed by atoms with Gasteiger partial charge in [-0.1, -0.05) is 41.1 Å². The fourth-order valence-electron chi connectivity index (χ4n) is 2.46. The van der Waals surface area contributed by atoms with Gasteiger partial charge in [0.1, 0.15) is 0 Å². The fourth-order valence-corrected chi connectivity index (χ4v) is 3.70. The predicted molar refractivity (Wildman–Crippen MR) is 105 cm³/mol. The molecule has 3 aromatic rings. The molecule has 0 saturated carbocycles. The summed E-state index contributed by atoms with van der Waals surface area (Å²) in [5, 5.41) is 0.586. The number of aromatic nitrogens is 1. The van der Waals surface area contributed by atoms with Crippen molar-refractivity contribution in [2.75, 3.05) is 14.2 Å². The topological polar surface area (TPSA) is 52.8 Å². The van der Waals surface area contributed by atoms with Gasteiger partial charge in [0.15, 0.2) is 16.3 Å². The largest absolute Gasteiger partial charge is 0.493 e. The Morgan fingerprint density at radius 3 is 2.58 bits per heavy atom. The van der Waals surface area contributed by atoms with Crippen molar-refractivity contribution in [3.63, 3.8) is 0 Å². The molecule has 0 N–H and O–H groups in total. The second-order valence-corrected chi connectivity index (χ2v) is 6.84. The van der Waals surface area contributed by atoms with Crippen LogP contribution in [0.3, 0.4) is 0 Å². The van der Waals surface area contributed by atoms with Crippen LogP contribution < -0.4 is 14.3 Å². The third kappa shape index (κ3) is 3.66. The van der Waals surface area contributed by atoms with Crippen LogP contribution in [0.25, 0.3) is 16.3 Å². The van der Waals surface area contributed by atoms with Crippen LogP contribution in [-0.2, 0) is 11.8 Å². The van der Waals surface area contributed by atoms with Crippen molar-refractivity contribution in [2.45, 2.75) is 0 Å². The van der Waals surface area contributed by atoms with Crippen LogP contribution in [0.15, 0.2) is 47.5 Å². The molecule has 7 heteroatoms. The number of nitrogens with zero attached hydrogens (tertiary/aromatic N) is 2. The molecule has 0 aliphatic heterocycles. The molecule has 3 rings (SSSR count). The minimum atomic E-state index is -0.356. The standard InChI is InChI=1S/C19H17ClN2O3S/c1-22-14-10-15(24-2)16(25-3)11-17(14)26-19(22)21-18(23)9-8-12-6-4-5-7-13(12)20/h4-11H,1-3H3. The molecule has 0 saturated heterocycles.